The van der Waals surface area contributed by atoms with Crippen molar-refractivity contribution in [2.75, 3.05) is 26.8 Å². The Kier molecular flexibility index (Phi) is 5.56. The SMILES string of the molecule is COCCn1nc2c(c1C(=O)N1CC=C(c3ccnn3C)CC1)C[C@H](C)O[C@@H]2C. The van der Waals surface area contributed by atoms with Crippen molar-refractivity contribution in [1.82, 2.24) is 24.5 Å². The van der Waals surface area contributed by atoms with Gasteiger partial charge in [0.15, 0.2) is 0 Å². The topological polar surface area (TPSA) is 74.4 Å². The average molecular weight is 399 g/mol. The van der Waals surface area contributed by atoms with Gasteiger partial charge < -0.3 is 14.4 Å². The van der Waals surface area contributed by atoms with Crippen LogP contribution < -0.4 is 0 Å². The van der Waals surface area contributed by atoms with Gasteiger partial charge in [0, 0.05) is 45.4 Å². The van der Waals surface area contributed by atoms with Gasteiger partial charge in [0.1, 0.15) is 5.69 Å². The van der Waals surface area contributed by atoms with Gasteiger partial charge in [-0.15, -0.1) is 0 Å². The molecule has 2 aliphatic rings. The van der Waals surface area contributed by atoms with Crippen LogP contribution in [0.2, 0.25) is 0 Å². The van der Waals surface area contributed by atoms with Crippen molar-refractivity contribution in [1.29, 1.82) is 0 Å². The Morgan fingerprint density at radius 3 is 2.86 bits per heavy atom. The molecule has 0 aliphatic carbocycles. The lowest BCUT2D eigenvalue weighted by Gasteiger charge is -2.28. The van der Waals surface area contributed by atoms with Crippen LogP contribution in [-0.2, 0) is 29.5 Å². The molecule has 2 atom stereocenters. The lowest BCUT2D eigenvalue weighted by atomic mass is 9.98. The number of carbonyl (C=O) groups excluding carboxylic acids is 1. The van der Waals surface area contributed by atoms with E-state index in [0.29, 0.717) is 38.4 Å². The predicted molar refractivity (Wildman–Crippen MR) is 108 cm³/mol. The van der Waals surface area contributed by atoms with E-state index >= 15 is 0 Å². The first-order valence-electron chi connectivity index (χ1n) is 10.2. The van der Waals surface area contributed by atoms with Gasteiger partial charge in [0.2, 0.25) is 0 Å². The number of nitrogens with zero attached hydrogens (tertiary/aromatic N) is 5. The molecular weight excluding hydrogens is 370 g/mol. The van der Waals surface area contributed by atoms with Gasteiger partial charge in [0.05, 0.1) is 36.7 Å². The van der Waals surface area contributed by atoms with Crippen LogP contribution in [0.15, 0.2) is 18.3 Å². The van der Waals surface area contributed by atoms with Crippen molar-refractivity contribution in [2.24, 2.45) is 7.05 Å². The zero-order chi connectivity index (χ0) is 20.5. The molecule has 29 heavy (non-hydrogen) atoms. The number of aryl methyl sites for hydroxylation is 1. The van der Waals surface area contributed by atoms with Crippen molar-refractivity contribution in [3.63, 3.8) is 0 Å². The highest BCUT2D eigenvalue weighted by Gasteiger charge is 2.34. The van der Waals surface area contributed by atoms with E-state index in [4.69, 9.17) is 14.6 Å². The summed E-state index contributed by atoms with van der Waals surface area (Å²) in [7, 11) is 3.60. The van der Waals surface area contributed by atoms with Crippen molar-refractivity contribution in [2.45, 2.75) is 45.4 Å². The van der Waals surface area contributed by atoms with Gasteiger partial charge >= 0.3 is 0 Å². The molecule has 8 nitrogen and oxygen atoms in total. The third-order valence-electron chi connectivity index (χ3n) is 5.75. The molecule has 0 saturated carbocycles. The summed E-state index contributed by atoms with van der Waals surface area (Å²) < 4.78 is 14.9. The number of fused-ring (bicyclic) bond motifs is 1. The fraction of sp³-hybridized carbons (Fsp3) is 0.571. The highest BCUT2D eigenvalue weighted by molar-refractivity contribution is 5.95. The first-order valence-corrected chi connectivity index (χ1v) is 10.2. The zero-order valence-electron chi connectivity index (χ0n) is 17.6. The molecule has 2 aromatic heterocycles. The lowest BCUT2D eigenvalue weighted by molar-refractivity contribution is -0.00720. The van der Waals surface area contributed by atoms with E-state index in [2.05, 4.69) is 11.2 Å². The Morgan fingerprint density at radius 1 is 1.38 bits per heavy atom. The highest BCUT2D eigenvalue weighted by Crippen LogP contribution is 2.32. The van der Waals surface area contributed by atoms with Crippen LogP contribution in [0.5, 0.6) is 0 Å². The van der Waals surface area contributed by atoms with E-state index < -0.39 is 0 Å². The molecule has 4 rings (SSSR count). The first-order chi connectivity index (χ1) is 14.0. The Labute approximate surface area is 171 Å². The molecular formula is C21H29N5O3. The van der Waals surface area contributed by atoms with E-state index in [-0.39, 0.29) is 18.1 Å². The quantitative estimate of drug-likeness (QED) is 0.771. The van der Waals surface area contributed by atoms with Crippen molar-refractivity contribution in [3.8, 4) is 0 Å². The molecule has 0 radical (unpaired) electrons. The van der Waals surface area contributed by atoms with E-state index in [9.17, 15) is 4.79 Å². The second-order valence-electron chi connectivity index (χ2n) is 7.79. The normalized spacial score (nSPS) is 21.8. The summed E-state index contributed by atoms with van der Waals surface area (Å²) in [6.07, 6.45) is 5.42. The van der Waals surface area contributed by atoms with Gasteiger partial charge in [-0.3, -0.25) is 14.2 Å². The first kappa shape index (κ1) is 19.8. The summed E-state index contributed by atoms with van der Waals surface area (Å²) in [6.45, 7) is 6.38. The molecule has 0 fully saturated rings. The average Bonchev–Trinajstić information content (AvgIpc) is 3.29. The molecule has 4 heterocycles. The van der Waals surface area contributed by atoms with Gasteiger partial charge in [0.25, 0.3) is 5.91 Å². The number of aromatic nitrogens is 4. The minimum absolute atomic E-state index is 0.0384. The fourth-order valence-corrected chi connectivity index (χ4v) is 4.30. The van der Waals surface area contributed by atoms with Crippen molar-refractivity contribution >= 4 is 11.5 Å². The van der Waals surface area contributed by atoms with Crippen LogP contribution in [0.3, 0.4) is 0 Å². The highest BCUT2D eigenvalue weighted by atomic mass is 16.5. The number of amides is 1. The smallest absolute Gasteiger partial charge is 0.272 e. The van der Waals surface area contributed by atoms with Gasteiger partial charge in [-0.25, -0.2) is 0 Å². The molecule has 0 unspecified atom stereocenters. The molecule has 156 valence electrons. The maximum absolute atomic E-state index is 13.5. The number of methoxy groups -OCH3 is 1. The molecule has 0 bridgehead atoms. The molecule has 2 aromatic rings. The third-order valence-corrected chi connectivity index (χ3v) is 5.75. The Morgan fingerprint density at radius 2 is 2.21 bits per heavy atom. The molecule has 1 amide bonds. The van der Waals surface area contributed by atoms with Crippen LogP contribution in [0.4, 0.5) is 0 Å². The van der Waals surface area contributed by atoms with Crippen LogP contribution in [0.1, 0.15) is 53.8 Å². The van der Waals surface area contributed by atoms with Crippen LogP contribution >= 0.6 is 0 Å². The Bertz CT molecular complexity index is 929. The number of hydrogen-bond donors (Lipinski definition) is 0. The predicted octanol–water partition coefficient (Wildman–Crippen LogP) is 2.21. The summed E-state index contributed by atoms with van der Waals surface area (Å²) in [5.74, 6) is 0.0384. The summed E-state index contributed by atoms with van der Waals surface area (Å²) in [5.41, 5.74) is 4.94. The third kappa shape index (κ3) is 3.74. The van der Waals surface area contributed by atoms with Crippen LogP contribution in [-0.4, -0.2) is 63.3 Å². The van der Waals surface area contributed by atoms with E-state index in [1.807, 2.05) is 41.2 Å². The lowest BCUT2D eigenvalue weighted by Crippen LogP contribution is -2.37. The molecule has 0 spiro atoms. The Balaban J connectivity index is 1.61. The largest absolute Gasteiger partial charge is 0.383 e. The molecule has 0 saturated heterocycles. The van der Waals surface area contributed by atoms with Crippen molar-refractivity contribution in [3.05, 3.63) is 41.0 Å². The monoisotopic (exact) mass is 399 g/mol. The molecule has 8 heteroatoms. The number of rotatable bonds is 5. The van der Waals surface area contributed by atoms with Gasteiger partial charge in [-0.05, 0) is 31.9 Å². The summed E-state index contributed by atoms with van der Waals surface area (Å²) in [6, 6.07) is 2.02. The van der Waals surface area contributed by atoms with Gasteiger partial charge in [-0.1, -0.05) is 6.08 Å². The second-order valence-corrected chi connectivity index (χ2v) is 7.79. The summed E-state index contributed by atoms with van der Waals surface area (Å²) in [5, 5.41) is 8.97. The molecule has 0 N–H and O–H groups in total. The summed E-state index contributed by atoms with van der Waals surface area (Å²) in [4.78, 5) is 15.4. The summed E-state index contributed by atoms with van der Waals surface area (Å²) >= 11 is 0. The Hall–Kier alpha value is -2.45. The minimum Gasteiger partial charge on any atom is -0.383 e. The standard InChI is InChI=1S/C21H29N5O3/c1-14-13-17-19(15(2)29-14)23-26(11-12-28-4)20(17)21(27)25-9-6-16(7-10-25)18-5-8-22-24(18)3/h5-6,8,14-15H,7,9-13H2,1-4H3/t14-,15+/m0/s1. The minimum atomic E-state index is -0.109. The van der Waals surface area contributed by atoms with E-state index in [1.54, 1.807) is 13.3 Å². The van der Waals surface area contributed by atoms with Gasteiger partial charge in [-0.2, -0.15) is 10.2 Å². The fourth-order valence-electron chi connectivity index (χ4n) is 4.30. The number of carbonyl (C=O) groups is 1. The van der Waals surface area contributed by atoms with E-state index in [1.165, 1.54) is 5.57 Å². The maximum Gasteiger partial charge on any atom is 0.272 e. The van der Waals surface area contributed by atoms with Crippen LogP contribution in [0.25, 0.3) is 5.57 Å². The van der Waals surface area contributed by atoms with Crippen LogP contribution in [0, 0.1) is 0 Å². The maximum atomic E-state index is 13.5. The second kappa shape index (κ2) is 8.12. The van der Waals surface area contributed by atoms with E-state index in [0.717, 1.165) is 23.4 Å². The molecule has 0 aromatic carbocycles. The number of hydrogen-bond acceptors (Lipinski definition) is 5. The zero-order valence-corrected chi connectivity index (χ0v) is 17.6. The number of ether oxygens (including phenoxy) is 2. The molecule has 2 aliphatic heterocycles. The van der Waals surface area contributed by atoms with Crippen molar-refractivity contribution < 1.29 is 14.3 Å².